The lowest BCUT2D eigenvalue weighted by Crippen LogP contribution is -2.37. The smallest absolute Gasteiger partial charge is 0.436 e. The van der Waals surface area contributed by atoms with Gasteiger partial charge in [0.25, 0.3) is 0 Å². The van der Waals surface area contributed by atoms with Gasteiger partial charge < -0.3 is 24.3 Å². The van der Waals surface area contributed by atoms with Crippen LogP contribution in [0.3, 0.4) is 0 Å². The van der Waals surface area contributed by atoms with Gasteiger partial charge >= 0.3 is 17.9 Å². The predicted octanol–water partition coefficient (Wildman–Crippen LogP) is 3.11. The number of hydrogen-bond acceptors (Lipinski definition) is 8. The number of carbonyl (C=O) groups is 2. The minimum atomic E-state index is -1.99. The highest BCUT2D eigenvalue weighted by molar-refractivity contribution is 5.90. The van der Waals surface area contributed by atoms with Gasteiger partial charge in [0.05, 0.1) is 11.1 Å². The fraction of sp³-hybridized carbons (Fsp3) is 0.227. The molecule has 1 fully saturated rings. The van der Waals surface area contributed by atoms with Crippen LogP contribution < -0.4 is 0 Å². The van der Waals surface area contributed by atoms with Crippen LogP contribution in [0.2, 0.25) is 0 Å². The number of aromatic nitrogens is 2. The quantitative estimate of drug-likeness (QED) is 0.303. The Hall–Kier alpha value is -4.12. The van der Waals surface area contributed by atoms with Gasteiger partial charge in [-0.15, -0.1) is 0 Å². The summed E-state index contributed by atoms with van der Waals surface area (Å²) in [6.45, 7) is -0.445. The monoisotopic (exact) mass is 455 g/mol. The van der Waals surface area contributed by atoms with Crippen LogP contribution in [0.1, 0.15) is 26.9 Å². The van der Waals surface area contributed by atoms with Crippen molar-refractivity contribution in [2.45, 2.75) is 24.6 Å². The molecule has 2 heterocycles. The van der Waals surface area contributed by atoms with Crippen LogP contribution in [0.4, 0.5) is 10.3 Å². The number of rotatable bonds is 7. The Bertz CT molecular complexity index is 1140. The van der Waals surface area contributed by atoms with Gasteiger partial charge in [-0.25, -0.2) is 14.0 Å². The largest absolute Gasteiger partial charge is 0.459 e. The molecule has 1 saturated heterocycles. The number of nitrogens with zero attached hydrogens (tertiary/aromatic N) is 3. The molecule has 1 unspecified atom stereocenters. The fourth-order valence-corrected chi connectivity index (χ4v) is 3.42. The van der Waals surface area contributed by atoms with E-state index in [4.69, 9.17) is 14.2 Å². The molecule has 1 aromatic heterocycles. The van der Waals surface area contributed by atoms with E-state index >= 15 is 4.39 Å². The van der Waals surface area contributed by atoms with Gasteiger partial charge in [-0.2, -0.15) is 4.57 Å². The number of nitro groups is 1. The minimum absolute atomic E-state index is 0.182. The summed E-state index contributed by atoms with van der Waals surface area (Å²) in [4.78, 5) is 38.9. The van der Waals surface area contributed by atoms with Crippen molar-refractivity contribution in [2.24, 2.45) is 0 Å². The Kier molecular flexibility index (Phi) is 6.41. The average Bonchev–Trinajstić information content (AvgIpc) is 3.44. The maximum absolute atomic E-state index is 15.4. The second-order valence-electron chi connectivity index (χ2n) is 7.10. The Morgan fingerprint density at radius 1 is 1.06 bits per heavy atom. The number of benzene rings is 2. The molecule has 4 rings (SSSR count). The van der Waals surface area contributed by atoms with E-state index in [1.54, 1.807) is 48.5 Å². The van der Waals surface area contributed by atoms with Gasteiger partial charge in [0.15, 0.2) is 12.3 Å². The first-order valence-corrected chi connectivity index (χ1v) is 9.90. The molecule has 0 spiro atoms. The summed E-state index contributed by atoms with van der Waals surface area (Å²) in [6.07, 6.45) is -3.90. The van der Waals surface area contributed by atoms with Gasteiger partial charge in [-0.3, -0.25) is 0 Å². The number of carbonyl (C=O) groups excluding carboxylic acids is 2. The summed E-state index contributed by atoms with van der Waals surface area (Å²) in [5, 5.41) is 11.2. The highest BCUT2D eigenvalue weighted by Crippen LogP contribution is 2.36. The first-order chi connectivity index (χ1) is 16.0. The highest BCUT2D eigenvalue weighted by Gasteiger charge is 2.52. The molecule has 2 aromatic carbocycles. The molecule has 0 saturated carbocycles. The van der Waals surface area contributed by atoms with E-state index in [0.717, 1.165) is 10.8 Å². The van der Waals surface area contributed by atoms with Crippen LogP contribution in [0.5, 0.6) is 0 Å². The van der Waals surface area contributed by atoms with Crippen LogP contribution in [0.25, 0.3) is 0 Å². The zero-order chi connectivity index (χ0) is 23.4. The normalized spacial score (nSPS) is 22.0. The highest BCUT2D eigenvalue weighted by atomic mass is 19.1. The number of ether oxygens (including phenoxy) is 3. The van der Waals surface area contributed by atoms with E-state index in [0.29, 0.717) is 0 Å². The Morgan fingerprint density at radius 2 is 1.67 bits per heavy atom. The molecule has 10 nitrogen and oxygen atoms in total. The Balaban J connectivity index is 1.55. The third-order valence-corrected chi connectivity index (χ3v) is 4.99. The third kappa shape index (κ3) is 4.72. The first-order valence-electron chi connectivity index (χ1n) is 9.90. The summed E-state index contributed by atoms with van der Waals surface area (Å²) >= 11 is 0. The molecule has 11 heteroatoms. The number of imidazole rings is 1. The lowest BCUT2D eigenvalue weighted by Gasteiger charge is -2.19. The predicted molar refractivity (Wildman–Crippen MR) is 110 cm³/mol. The molecule has 0 amide bonds. The molecule has 33 heavy (non-hydrogen) atoms. The van der Waals surface area contributed by atoms with Crippen molar-refractivity contribution in [1.29, 1.82) is 0 Å². The molecule has 0 aliphatic carbocycles. The molecule has 1 aliphatic heterocycles. The number of alkyl halides is 1. The standard InChI is InChI=1S/C22H18FN3O7/c23-17-18(33-21(28)15-9-5-2-6-10-15)16(13-31-20(27)14-7-3-1-4-8-14)32-19(17)25-12-11-24-22(25)26(29)30/h1-12,16-19H,13H2/t16-,17+,18-,19?/m1/s1. The van der Waals surface area contributed by atoms with Crippen molar-refractivity contribution in [1.82, 2.24) is 9.55 Å². The second kappa shape index (κ2) is 9.57. The lowest BCUT2D eigenvalue weighted by atomic mass is 10.1. The summed E-state index contributed by atoms with van der Waals surface area (Å²) in [5.41, 5.74) is 0.453. The van der Waals surface area contributed by atoms with E-state index in [2.05, 4.69) is 4.98 Å². The maximum Gasteiger partial charge on any atom is 0.436 e. The van der Waals surface area contributed by atoms with Crippen molar-refractivity contribution in [2.75, 3.05) is 6.61 Å². The van der Waals surface area contributed by atoms with Gasteiger partial charge in [0.1, 0.15) is 25.1 Å². The molecular formula is C22H18FN3O7. The SMILES string of the molecule is O=C(OC[C@H]1OC(n2ccnc2[N+](=O)[O-])[C@@H](F)[C@@H]1OC(=O)c1ccccc1)c1ccccc1. The molecule has 3 aromatic rings. The van der Waals surface area contributed by atoms with Crippen molar-refractivity contribution >= 4 is 17.9 Å². The number of esters is 2. The lowest BCUT2D eigenvalue weighted by molar-refractivity contribution is -0.398. The van der Waals surface area contributed by atoms with Crippen LogP contribution in [-0.4, -0.2) is 51.4 Å². The van der Waals surface area contributed by atoms with E-state index in [1.807, 2.05) is 0 Å². The molecule has 1 aliphatic rings. The van der Waals surface area contributed by atoms with E-state index in [9.17, 15) is 19.7 Å². The van der Waals surface area contributed by atoms with Gasteiger partial charge in [-0.05, 0) is 29.2 Å². The third-order valence-electron chi connectivity index (χ3n) is 4.99. The topological polar surface area (TPSA) is 123 Å². The second-order valence-corrected chi connectivity index (χ2v) is 7.10. The number of hydrogen-bond donors (Lipinski definition) is 0. The summed E-state index contributed by atoms with van der Waals surface area (Å²) in [6, 6.07) is 16.0. The van der Waals surface area contributed by atoms with E-state index < -0.39 is 54.0 Å². The van der Waals surface area contributed by atoms with E-state index in [1.165, 1.54) is 18.3 Å². The van der Waals surface area contributed by atoms with Crippen LogP contribution in [0, 0.1) is 10.1 Å². The Morgan fingerprint density at radius 3 is 2.27 bits per heavy atom. The molecule has 0 radical (unpaired) electrons. The molecule has 170 valence electrons. The molecule has 4 atom stereocenters. The van der Waals surface area contributed by atoms with Gasteiger partial charge in [0, 0.05) is 0 Å². The zero-order valence-electron chi connectivity index (χ0n) is 17.0. The summed E-state index contributed by atoms with van der Waals surface area (Å²) in [7, 11) is 0. The minimum Gasteiger partial charge on any atom is -0.459 e. The summed E-state index contributed by atoms with van der Waals surface area (Å²) in [5.74, 6) is -2.13. The number of halogens is 1. The maximum atomic E-state index is 15.4. The molecular weight excluding hydrogens is 437 g/mol. The first kappa shape index (κ1) is 22.1. The van der Waals surface area contributed by atoms with Crippen LogP contribution in [-0.2, 0) is 14.2 Å². The fourth-order valence-electron chi connectivity index (χ4n) is 3.42. The van der Waals surface area contributed by atoms with Gasteiger partial charge in [-0.1, -0.05) is 41.4 Å². The van der Waals surface area contributed by atoms with Crippen LogP contribution >= 0.6 is 0 Å². The van der Waals surface area contributed by atoms with Crippen molar-refractivity contribution < 1.29 is 33.1 Å². The molecule has 0 N–H and O–H groups in total. The van der Waals surface area contributed by atoms with Crippen molar-refractivity contribution in [3.63, 3.8) is 0 Å². The van der Waals surface area contributed by atoms with Crippen LogP contribution in [0.15, 0.2) is 73.1 Å². The zero-order valence-corrected chi connectivity index (χ0v) is 17.0. The molecule has 0 bridgehead atoms. The van der Waals surface area contributed by atoms with E-state index in [-0.39, 0.29) is 11.1 Å². The average molecular weight is 455 g/mol. The van der Waals surface area contributed by atoms with Gasteiger partial charge in [0.2, 0.25) is 6.23 Å². The summed E-state index contributed by atoms with van der Waals surface area (Å²) < 4.78 is 32.5. The van der Waals surface area contributed by atoms with Crippen molar-refractivity contribution in [3.8, 4) is 0 Å². The Labute approximate surface area is 186 Å². The van der Waals surface area contributed by atoms with Crippen molar-refractivity contribution in [3.05, 3.63) is 94.3 Å².